The fourth-order valence-corrected chi connectivity index (χ4v) is 13.4. The van der Waals surface area contributed by atoms with Gasteiger partial charge in [0.1, 0.15) is 0 Å². The van der Waals surface area contributed by atoms with Crippen molar-refractivity contribution in [1.29, 1.82) is 0 Å². The zero-order valence-electron chi connectivity index (χ0n) is 41.4. The van der Waals surface area contributed by atoms with Crippen molar-refractivity contribution in [1.82, 2.24) is 0 Å². The Kier molecular flexibility index (Phi) is 20.7. The van der Waals surface area contributed by atoms with E-state index in [2.05, 4.69) is 245 Å². The molecule has 0 saturated heterocycles. The van der Waals surface area contributed by atoms with E-state index in [-0.39, 0.29) is 7.43 Å². The maximum Gasteiger partial charge on any atom is 0.489 e. The molecular weight excluding hydrogens is 1080 g/mol. The molecular formula is C65H58BBrN2O3S4. The number of para-hydroxylation sites is 4. The number of fused-ring (bicyclic) bond motifs is 4. The molecule has 0 amide bonds. The number of rotatable bonds is 10. The van der Waals surface area contributed by atoms with Crippen molar-refractivity contribution < 1.29 is 14.8 Å². The second-order valence-electron chi connectivity index (χ2n) is 17.0. The zero-order chi connectivity index (χ0) is 51.8. The molecule has 0 atom stereocenters. The molecule has 2 N–H and O–H groups in total. The first-order chi connectivity index (χ1) is 36.9. The molecule has 0 unspecified atom stereocenters. The molecule has 0 saturated carbocycles. The lowest BCUT2D eigenvalue weighted by atomic mass is 9.80. The van der Waals surface area contributed by atoms with Crippen LogP contribution in [-0.2, 0) is 4.74 Å². The second-order valence-corrected chi connectivity index (χ2v) is 22.2. The van der Waals surface area contributed by atoms with Crippen LogP contribution < -0.4 is 15.3 Å². The lowest BCUT2D eigenvalue weighted by molar-refractivity contribution is 0.199. The van der Waals surface area contributed by atoms with Gasteiger partial charge < -0.3 is 24.6 Å². The molecule has 0 spiro atoms. The highest BCUT2D eigenvalue weighted by atomic mass is 79.9. The second kappa shape index (κ2) is 28.1. The van der Waals surface area contributed by atoms with Gasteiger partial charge >= 0.3 is 7.12 Å². The number of benzene rings is 10. The van der Waals surface area contributed by atoms with Gasteiger partial charge in [-0.15, -0.1) is 0 Å². The molecule has 10 aromatic carbocycles. The normalized spacial score (nSPS) is 11.3. The number of hydrogen-bond donors (Lipinski definition) is 2. The summed E-state index contributed by atoms with van der Waals surface area (Å²) in [7, 11) is 0.298. The van der Waals surface area contributed by atoms with E-state index >= 15 is 0 Å². The van der Waals surface area contributed by atoms with Gasteiger partial charge in [-0.25, -0.2) is 0 Å². The molecule has 5 nitrogen and oxygen atoms in total. The summed E-state index contributed by atoms with van der Waals surface area (Å²) in [6.07, 6.45) is 1.12. The number of hydrogen-bond acceptors (Lipinski definition) is 9. The Hall–Kier alpha value is -6.38. The van der Waals surface area contributed by atoms with Crippen LogP contribution in [0, 0.1) is 0 Å². The Morgan fingerprint density at radius 2 is 0.737 bits per heavy atom. The van der Waals surface area contributed by atoms with Gasteiger partial charge in [0.2, 0.25) is 0 Å². The number of ether oxygens (including phenoxy) is 1. The number of halogens is 1. The topological polar surface area (TPSA) is 56.2 Å². The molecule has 2 aliphatic heterocycles. The Bertz CT molecular complexity index is 3300. The van der Waals surface area contributed by atoms with Gasteiger partial charge in [-0.3, -0.25) is 0 Å². The van der Waals surface area contributed by atoms with Gasteiger partial charge in [0.25, 0.3) is 0 Å². The molecule has 0 aromatic heterocycles. The van der Waals surface area contributed by atoms with Crippen LogP contribution in [0.1, 0.15) is 20.8 Å². The summed E-state index contributed by atoms with van der Waals surface area (Å²) in [4.78, 5) is 14.3. The van der Waals surface area contributed by atoms with E-state index in [1.54, 1.807) is 36.7 Å². The van der Waals surface area contributed by atoms with Gasteiger partial charge in [-0.2, -0.15) is 0 Å². The first-order valence-electron chi connectivity index (χ1n) is 24.6. The molecule has 0 aliphatic carbocycles. The van der Waals surface area contributed by atoms with Gasteiger partial charge in [0, 0.05) is 91.5 Å². The maximum absolute atomic E-state index is 9.36. The van der Waals surface area contributed by atoms with Crippen molar-refractivity contribution in [3.63, 3.8) is 0 Å². The van der Waals surface area contributed by atoms with Crippen LogP contribution in [0.2, 0.25) is 0 Å². The number of nitrogens with zero attached hydrogens (tertiary/aromatic N) is 2. The number of anilines is 6. The smallest absolute Gasteiger partial charge is 0.423 e. The van der Waals surface area contributed by atoms with E-state index in [0.717, 1.165) is 66.3 Å². The molecule has 76 heavy (non-hydrogen) atoms. The van der Waals surface area contributed by atoms with Gasteiger partial charge in [0.15, 0.2) is 0 Å². The standard InChI is InChI=1S/C30H21NS2.C18H14BrN.C12H9BO2S2.C4H10O.CH4/c1-3-10-23(11-4-1)31(24-12-5-2-6-13-24)25-20-18-22(19-21-25)26-14-9-17-29-30(26)33-28-16-8-7-15-27(28)32-29;19-15-11-13-18(14-12-15)20(16-7-3-1-4-8-16)17-9-5-2-6-10-17;14-13(15)8-4-3-7-11-12(8)17-10-6-2-1-5-9(10)16-11;1-3-4-5-2;/h1-21H;1-14H;1-7,14-15H;3-4H2,1-2H3;1H4. The van der Waals surface area contributed by atoms with Gasteiger partial charge in [0.05, 0.1) is 0 Å². The van der Waals surface area contributed by atoms with E-state index in [1.165, 1.54) is 35.6 Å². The summed E-state index contributed by atoms with van der Waals surface area (Å²) in [5, 5.41) is 18.7. The van der Waals surface area contributed by atoms with Crippen LogP contribution >= 0.6 is 63.0 Å². The minimum atomic E-state index is -1.41. The quantitative estimate of drug-likeness (QED) is 0.130. The van der Waals surface area contributed by atoms with Gasteiger partial charge in [-0.1, -0.05) is 211 Å². The molecule has 0 fully saturated rings. The minimum Gasteiger partial charge on any atom is -0.423 e. The van der Waals surface area contributed by atoms with E-state index < -0.39 is 7.12 Å². The summed E-state index contributed by atoms with van der Waals surface area (Å²) in [5.74, 6) is 0. The van der Waals surface area contributed by atoms with Gasteiger partial charge in [-0.05, 0) is 144 Å². The Labute approximate surface area is 474 Å². The van der Waals surface area contributed by atoms with Crippen molar-refractivity contribution in [3.05, 3.63) is 259 Å². The molecule has 10 aromatic rings. The lowest BCUT2D eigenvalue weighted by Crippen LogP contribution is -2.32. The average molecular weight is 1130 g/mol. The summed E-state index contributed by atoms with van der Waals surface area (Å²) >= 11 is 10.5. The highest BCUT2D eigenvalue weighted by molar-refractivity contribution is 9.10. The molecule has 2 heterocycles. The average Bonchev–Trinajstić information content (AvgIpc) is 3.47. The van der Waals surface area contributed by atoms with E-state index in [1.807, 2.05) is 59.9 Å². The van der Waals surface area contributed by atoms with Crippen LogP contribution in [0.4, 0.5) is 34.1 Å². The van der Waals surface area contributed by atoms with E-state index in [0.29, 0.717) is 5.46 Å². The molecule has 0 bridgehead atoms. The highest BCUT2D eigenvalue weighted by Gasteiger charge is 2.25. The van der Waals surface area contributed by atoms with Crippen LogP contribution in [0.3, 0.4) is 0 Å². The lowest BCUT2D eigenvalue weighted by Gasteiger charge is -2.26. The predicted octanol–water partition coefficient (Wildman–Crippen LogP) is 19.0. The third-order valence-electron chi connectivity index (χ3n) is 11.8. The third kappa shape index (κ3) is 14.2. The predicted molar refractivity (Wildman–Crippen MR) is 330 cm³/mol. The largest absolute Gasteiger partial charge is 0.489 e. The summed E-state index contributed by atoms with van der Waals surface area (Å²) < 4.78 is 5.78. The Morgan fingerprint density at radius 3 is 1.13 bits per heavy atom. The summed E-state index contributed by atoms with van der Waals surface area (Å²) in [6, 6.07) is 88.2. The fourth-order valence-electron chi connectivity index (χ4n) is 8.34. The maximum atomic E-state index is 9.36. The van der Waals surface area contributed by atoms with Crippen molar-refractivity contribution >= 4 is 110 Å². The first kappa shape index (κ1) is 55.8. The fraction of sp³-hybridized carbons (Fsp3) is 0.0769. The van der Waals surface area contributed by atoms with Crippen LogP contribution in [0.25, 0.3) is 11.1 Å². The third-order valence-corrected chi connectivity index (χ3v) is 17.6. The monoisotopic (exact) mass is 1130 g/mol. The summed E-state index contributed by atoms with van der Waals surface area (Å²) in [5.41, 5.74) is 10.0. The van der Waals surface area contributed by atoms with Crippen molar-refractivity contribution in [2.24, 2.45) is 0 Å². The molecule has 380 valence electrons. The Morgan fingerprint density at radius 1 is 0.395 bits per heavy atom. The van der Waals surface area contributed by atoms with E-state index in [9.17, 15) is 10.0 Å². The molecule has 0 radical (unpaired) electrons. The molecule has 12 rings (SSSR count). The van der Waals surface area contributed by atoms with E-state index in [4.69, 9.17) is 4.74 Å². The minimum absolute atomic E-state index is 0. The molecule has 2 aliphatic rings. The van der Waals surface area contributed by atoms with Crippen molar-refractivity contribution in [3.8, 4) is 11.1 Å². The Balaban J connectivity index is 0.000000153. The highest BCUT2D eigenvalue weighted by Crippen LogP contribution is 2.52. The summed E-state index contributed by atoms with van der Waals surface area (Å²) in [6.45, 7) is 2.98. The van der Waals surface area contributed by atoms with Crippen LogP contribution in [0.15, 0.2) is 298 Å². The van der Waals surface area contributed by atoms with Crippen LogP contribution in [0.5, 0.6) is 0 Å². The first-order valence-corrected chi connectivity index (χ1v) is 28.6. The van der Waals surface area contributed by atoms with Crippen molar-refractivity contribution in [2.75, 3.05) is 23.5 Å². The van der Waals surface area contributed by atoms with Crippen LogP contribution in [-0.4, -0.2) is 30.9 Å². The zero-order valence-corrected chi connectivity index (χ0v) is 46.3. The number of methoxy groups -OCH3 is 1. The molecule has 11 heteroatoms. The van der Waals surface area contributed by atoms with Crippen molar-refractivity contribution in [2.45, 2.75) is 59.9 Å². The SMILES string of the molecule is Brc1ccc(N(c2ccccc2)c2ccccc2)cc1.C.CCCOC.OB(O)c1cccc2c1Sc1ccccc1S2.c1ccc(N(c2ccccc2)c2ccc(-c3cccc4c3Sc3ccccc3S4)cc2)cc1.